The number of phenols is 1. The molecule has 0 aromatic heterocycles. The first-order valence-corrected chi connectivity index (χ1v) is 5.65. The first-order valence-electron chi connectivity index (χ1n) is 4.67. The molecule has 0 radical (unpaired) electrons. The van der Waals surface area contributed by atoms with E-state index in [0.717, 1.165) is 0 Å². The van der Waals surface area contributed by atoms with Crippen molar-refractivity contribution < 1.29 is 9.50 Å². The molecule has 2 N–H and O–H groups in total. The van der Waals surface area contributed by atoms with Crippen LogP contribution in [0.25, 0.3) is 0 Å². The Morgan fingerprint density at radius 1 is 1.56 bits per heavy atom. The molecule has 16 heavy (non-hydrogen) atoms. The third kappa shape index (κ3) is 3.34. The Kier molecular flexibility index (Phi) is 4.49. The molecule has 5 heteroatoms. The minimum atomic E-state index is -0.657. The van der Waals surface area contributed by atoms with Gasteiger partial charge in [-0.2, -0.15) is 0 Å². The number of phenolic OH excluding ortho intramolecular Hbond substituents is 1. The number of nitrogens with one attached hydrogen (secondary N) is 1. The summed E-state index contributed by atoms with van der Waals surface area (Å²) in [6, 6.07) is 4.16. The van der Waals surface area contributed by atoms with Gasteiger partial charge in [0.05, 0.1) is 10.8 Å². The lowest BCUT2D eigenvalue weighted by atomic mass is 10.1. The Balaban J connectivity index is 2.88. The Bertz CT molecular complexity index is 432. The van der Waals surface area contributed by atoms with Crippen LogP contribution in [0.15, 0.2) is 23.2 Å². The van der Waals surface area contributed by atoms with Gasteiger partial charge < -0.3 is 5.11 Å². The first-order chi connectivity index (χ1) is 7.54. The molecule has 0 fully saturated rings. The van der Waals surface area contributed by atoms with Crippen LogP contribution in [0.5, 0.6) is 5.75 Å². The Hall–Kier alpha value is -1.36. The maximum atomic E-state index is 13.1. The number of hydrogen-bond donors (Lipinski definition) is 2. The molecule has 0 aliphatic rings. The van der Waals surface area contributed by atoms with Crippen molar-refractivity contribution in [2.24, 2.45) is 4.99 Å². The summed E-state index contributed by atoms with van der Waals surface area (Å²) in [6.45, 7) is 1.69. The van der Waals surface area contributed by atoms with Gasteiger partial charge in [-0.25, -0.2) is 4.39 Å². The van der Waals surface area contributed by atoms with Gasteiger partial charge in [-0.05, 0) is 30.7 Å². The molecule has 0 saturated carbocycles. The molecule has 0 aliphatic heterocycles. The molecule has 1 rings (SSSR count). The highest BCUT2D eigenvalue weighted by atomic mass is 32.2. The fourth-order valence-electron chi connectivity index (χ4n) is 1.14. The van der Waals surface area contributed by atoms with Gasteiger partial charge in [0.2, 0.25) is 0 Å². The Morgan fingerprint density at radius 2 is 2.25 bits per heavy atom. The molecule has 1 aromatic carbocycles. The highest BCUT2D eigenvalue weighted by Crippen LogP contribution is 2.18. The lowest BCUT2D eigenvalue weighted by Gasteiger charge is -2.06. The van der Waals surface area contributed by atoms with E-state index in [0.29, 0.717) is 22.1 Å². The zero-order valence-electron chi connectivity index (χ0n) is 9.12. The van der Waals surface area contributed by atoms with E-state index < -0.39 is 5.82 Å². The predicted octanol–water partition coefficient (Wildman–Crippen LogP) is 2.68. The number of nitrogens with zero attached hydrogens (tertiary/aromatic N) is 1. The van der Waals surface area contributed by atoms with Gasteiger partial charge >= 0.3 is 0 Å². The molecule has 0 bridgehead atoms. The van der Waals surface area contributed by atoms with E-state index in [-0.39, 0.29) is 5.75 Å². The number of benzene rings is 1. The van der Waals surface area contributed by atoms with Crippen LogP contribution in [0.2, 0.25) is 0 Å². The lowest BCUT2D eigenvalue weighted by Crippen LogP contribution is -2.06. The van der Waals surface area contributed by atoms with E-state index in [1.54, 1.807) is 20.0 Å². The van der Waals surface area contributed by atoms with Crippen molar-refractivity contribution in [2.75, 3.05) is 12.8 Å². The third-order valence-corrected chi connectivity index (χ3v) is 2.83. The molecule has 0 aliphatic carbocycles. The number of aliphatic imine (C=N–C) groups is 1. The van der Waals surface area contributed by atoms with Crippen LogP contribution < -0.4 is 0 Å². The molecule has 3 nitrogen and oxygen atoms in total. The topological polar surface area (TPSA) is 56.4 Å². The number of aromatic hydroxyl groups is 1. The first kappa shape index (κ1) is 12.7. The summed E-state index contributed by atoms with van der Waals surface area (Å²) in [6.07, 6.45) is 0. The van der Waals surface area contributed by atoms with Gasteiger partial charge in [-0.1, -0.05) is 0 Å². The number of rotatable bonds is 3. The largest absolute Gasteiger partial charge is 0.505 e. The summed E-state index contributed by atoms with van der Waals surface area (Å²) >= 11 is 1.34. The van der Waals surface area contributed by atoms with Gasteiger partial charge in [0, 0.05) is 12.8 Å². The molecule has 0 heterocycles. The molecule has 0 amide bonds. The fourth-order valence-corrected chi connectivity index (χ4v) is 1.79. The summed E-state index contributed by atoms with van der Waals surface area (Å²) < 4.78 is 13.1. The van der Waals surface area contributed by atoms with Crippen LogP contribution >= 0.6 is 11.8 Å². The lowest BCUT2D eigenvalue weighted by molar-refractivity contribution is 0.432. The quantitative estimate of drug-likeness (QED) is 0.630. The SMILES string of the molecule is CN=C(CSC(C)=N)c1ccc(O)c(F)c1. The molecule has 0 spiro atoms. The van der Waals surface area contributed by atoms with E-state index >= 15 is 0 Å². The maximum absolute atomic E-state index is 13.1. The zero-order chi connectivity index (χ0) is 12.1. The predicted molar refractivity (Wildman–Crippen MR) is 66.4 cm³/mol. The smallest absolute Gasteiger partial charge is 0.165 e. The van der Waals surface area contributed by atoms with Gasteiger partial charge in [-0.15, -0.1) is 11.8 Å². The van der Waals surface area contributed by atoms with Crippen molar-refractivity contribution >= 4 is 22.5 Å². The van der Waals surface area contributed by atoms with Gasteiger partial charge in [0.15, 0.2) is 11.6 Å². The van der Waals surface area contributed by atoms with E-state index in [4.69, 9.17) is 10.5 Å². The highest BCUT2D eigenvalue weighted by molar-refractivity contribution is 8.14. The number of hydrogen-bond acceptors (Lipinski definition) is 4. The second-order valence-electron chi connectivity index (χ2n) is 3.18. The van der Waals surface area contributed by atoms with Gasteiger partial charge in [0.25, 0.3) is 0 Å². The van der Waals surface area contributed by atoms with Crippen molar-refractivity contribution in [3.8, 4) is 5.75 Å². The zero-order valence-corrected chi connectivity index (χ0v) is 9.94. The summed E-state index contributed by atoms with van der Waals surface area (Å²) in [5.74, 6) is -0.499. The molecule has 1 aromatic rings. The molecule has 86 valence electrons. The molecule has 0 atom stereocenters. The van der Waals surface area contributed by atoms with Gasteiger partial charge in [0.1, 0.15) is 0 Å². The van der Waals surface area contributed by atoms with E-state index in [2.05, 4.69) is 4.99 Å². The minimum Gasteiger partial charge on any atom is -0.505 e. The van der Waals surface area contributed by atoms with Crippen molar-refractivity contribution in [3.05, 3.63) is 29.6 Å². The van der Waals surface area contributed by atoms with Crippen LogP contribution in [-0.2, 0) is 0 Å². The summed E-state index contributed by atoms with van der Waals surface area (Å²) in [7, 11) is 1.62. The summed E-state index contributed by atoms with van der Waals surface area (Å²) in [5.41, 5.74) is 1.34. The van der Waals surface area contributed by atoms with Crippen LogP contribution in [-0.4, -0.2) is 28.7 Å². The fraction of sp³-hybridized carbons (Fsp3) is 0.273. The van der Waals surface area contributed by atoms with Gasteiger partial charge in [-0.3, -0.25) is 10.4 Å². The monoisotopic (exact) mass is 240 g/mol. The molecule has 0 unspecified atom stereocenters. The average Bonchev–Trinajstić information content (AvgIpc) is 2.23. The van der Waals surface area contributed by atoms with Crippen LogP contribution in [0.1, 0.15) is 12.5 Å². The molecular formula is C11H13FN2OS. The molecule has 0 saturated heterocycles. The molecular weight excluding hydrogens is 227 g/mol. The van der Waals surface area contributed by atoms with E-state index in [9.17, 15) is 4.39 Å². The van der Waals surface area contributed by atoms with Crippen molar-refractivity contribution in [1.29, 1.82) is 5.41 Å². The van der Waals surface area contributed by atoms with Crippen molar-refractivity contribution in [2.45, 2.75) is 6.92 Å². The Morgan fingerprint density at radius 3 is 2.75 bits per heavy atom. The second-order valence-corrected chi connectivity index (χ2v) is 4.37. The van der Waals surface area contributed by atoms with Crippen LogP contribution in [0, 0.1) is 11.2 Å². The van der Waals surface area contributed by atoms with E-state index in [1.807, 2.05) is 0 Å². The maximum Gasteiger partial charge on any atom is 0.165 e. The van der Waals surface area contributed by atoms with Crippen molar-refractivity contribution in [3.63, 3.8) is 0 Å². The second kappa shape index (κ2) is 5.65. The number of halogens is 1. The summed E-state index contributed by atoms with van der Waals surface area (Å²) in [4.78, 5) is 4.05. The minimum absolute atomic E-state index is 0.366. The number of thioether (sulfide) groups is 1. The third-order valence-electron chi connectivity index (χ3n) is 1.98. The van der Waals surface area contributed by atoms with Crippen LogP contribution in [0.3, 0.4) is 0 Å². The van der Waals surface area contributed by atoms with E-state index in [1.165, 1.54) is 23.9 Å². The average molecular weight is 240 g/mol. The normalized spacial score (nSPS) is 11.6. The Labute approximate surface area is 97.9 Å². The highest BCUT2D eigenvalue weighted by Gasteiger charge is 2.07. The van der Waals surface area contributed by atoms with Crippen LogP contribution in [0.4, 0.5) is 4.39 Å². The van der Waals surface area contributed by atoms with Crippen molar-refractivity contribution in [1.82, 2.24) is 0 Å². The summed E-state index contributed by atoms with van der Waals surface area (Å²) in [5, 5.41) is 16.8. The standard InChI is InChI=1S/C11H13FN2OS/c1-7(13)16-6-10(14-2)8-3-4-11(15)9(12)5-8/h3-5,13,15H,6H2,1-2H3.